The Kier molecular flexibility index (Phi) is 3.91. The van der Waals surface area contributed by atoms with E-state index in [0.29, 0.717) is 24.4 Å². The SMILES string of the molecule is ON=C1C=CC=C(COc2ccc(-c3cc(O)on3)cc2)C1. The van der Waals surface area contributed by atoms with Crippen LogP contribution < -0.4 is 4.74 Å². The van der Waals surface area contributed by atoms with E-state index in [-0.39, 0.29) is 5.95 Å². The molecule has 1 aliphatic rings. The van der Waals surface area contributed by atoms with Crippen molar-refractivity contribution in [3.05, 3.63) is 54.1 Å². The van der Waals surface area contributed by atoms with Gasteiger partial charge in [0.2, 0.25) is 0 Å². The van der Waals surface area contributed by atoms with Crippen LogP contribution in [0.3, 0.4) is 0 Å². The van der Waals surface area contributed by atoms with Gasteiger partial charge in [0.15, 0.2) is 0 Å². The lowest BCUT2D eigenvalue weighted by molar-refractivity contribution is 0.278. The van der Waals surface area contributed by atoms with Gasteiger partial charge in [-0.2, -0.15) is 0 Å². The lowest BCUT2D eigenvalue weighted by atomic mass is 10.0. The Morgan fingerprint density at radius 2 is 2.09 bits per heavy atom. The molecule has 6 heteroatoms. The number of oxime groups is 1. The van der Waals surface area contributed by atoms with Crippen molar-refractivity contribution in [2.45, 2.75) is 6.42 Å². The predicted octanol–water partition coefficient (Wildman–Crippen LogP) is 3.14. The summed E-state index contributed by atoms with van der Waals surface area (Å²) in [6.07, 6.45) is 6.10. The summed E-state index contributed by atoms with van der Waals surface area (Å²) < 4.78 is 10.3. The Labute approximate surface area is 126 Å². The van der Waals surface area contributed by atoms with Crippen molar-refractivity contribution in [2.24, 2.45) is 5.16 Å². The van der Waals surface area contributed by atoms with Crippen LogP contribution in [0, 0.1) is 0 Å². The molecular formula is C16H14N2O4. The maximum absolute atomic E-state index is 9.15. The number of aromatic nitrogens is 1. The van der Waals surface area contributed by atoms with Crippen molar-refractivity contribution >= 4 is 5.71 Å². The van der Waals surface area contributed by atoms with E-state index in [1.807, 2.05) is 36.4 Å². The highest BCUT2D eigenvalue weighted by Gasteiger charge is 2.08. The highest BCUT2D eigenvalue weighted by atomic mass is 16.5. The molecule has 0 spiro atoms. The van der Waals surface area contributed by atoms with E-state index >= 15 is 0 Å². The molecule has 0 fully saturated rings. The number of aromatic hydroxyl groups is 1. The summed E-state index contributed by atoms with van der Waals surface area (Å²) in [4.78, 5) is 0. The summed E-state index contributed by atoms with van der Waals surface area (Å²) in [6.45, 7) is 0.424. The van der Waals surface area contributed by atoms with E-state index in [1.165, 1.54) is 6.07 Å². The van der Waals surface area contributed by atoms with Crippen LogP contribution >= 0.6 is 0 Å². The molecular weight excluding hydrogens is 284 g/mol. The molecule has 0 bridgehead atoms. The Hall–Kier alpha value is -3.02. The molecule has 0 saturated heterocycles. The summed E-state index contributed by atoms with van der Waals surface area (Å²) in [5.41, 5.74) is 3.03. The second-order valence-corrected chi connectivity index (χ2v) is 4.82. The molecule has 0 radical (unpaired) electrons. The molecule has 0 amide bonds. The smallest absolute Gasteiger partial charge is 0.309 e. The van der Waals surface area contributed by atoms with Gasteiger partial charge < -0.3 is 19.6 Å². The van der Waals surface area contributed by atoms with Crippen LogP contribution in [0.4, 0.5) is 0 Å². The second kappa shape index (κ2) is 6.17. The third-order valence-electron chi connectivity index (χ3n) is 3.23. The minimum atomic E-state index is -0.214. The predicted molar refractivity (Wildman–Crippen MR) is 80.2 cm³/mol. The standard InChI is InChI=1S/C16H14N2O4/c19-16-9-15(18-22-16)12-4-6-14(7-5-12)21-10-11-2-1-3-13(8-11)17-20/h1-7,9,19-20H,8,10H2. The van der Waals surface area contributed by atoms with Crippen molar-refractivity contribution in [3.63, 3.8) is 0 Å². The van der Waals surface area contributed by atoms with E-state index in [9.17, 15) is 0 Å². The Morgan fingerprint density at radius 1 is 1.27 bits per heavy atom. The second-order valence-electron chi connectivity index (χ2n) is 4.82. The summed E-state index contributed by atoms with van der Waals surface area (Å²) in [7, 11) is 0. The normalized spacial score (nSPS) is 15.8. The molecule has 0 aliphatic heterocycles. The fourth-order valence-corrected chi connectivity index (χ4v) is 2.11. The van der Waals surface area contributed by atoms with Gasteiger partial charge in [0, 0.05) is 12.0 Å². The molecule has 0 saturated carbocycles. The van der Waals surface area contributed by atoms with Gasteiger partial charge >= 0.3 is 5.95 Å². The van der Waals surface area contributed by atoms with Gasteiger partial charge in [-0.05, 0) is 35.9 Å². The first kappa shape index (κ1) is 13.9. The topological polar surface area (TPSA) is 88.1 Å². The molecule has 2 N–H and O–H groups in total. The Balaban J connectivity index is 1.62. The van der Waals surface area contributed by atoms with Crippen molar-refractivity contribution in [1.29, 1.82) is 0 Å². The average molecular weight is 298 g/mol. The van der Waals surface area contributed by atoms with E-state index in [4.69, 9.17) is 15.1 Å². The van der Waals surface area contributed by atoms with Crippen LogP contribution in [-0.4, -0.2) is 27.8 Å². The number of allylic oxidation sites excluding steroid dienone is 3. The summed E-state index contributed by atoms with van der Waals surface area (Å²) in [5.74, 6) is 0.503. The zero-order valence-electron chi connectivity index (χ0n) is 11.6. The number of benzene rings is 1. The summed E-state index contributed by atoms with van der Waals surface area (Å²) in [6, 6.07) is 8.76. The molecule has 1 heterocycles. The Bertz CT molecular complexity index is 742. The minimum absolute atomic E-state index is 0.214. The molecule has 1 aromatic heterocycles. The maximum Gasteiger partial charge on any atom is 0.309 e. The van der Waals surface area contributed by atoms with E-state index in [2.05, 4.69) is 14.8 Å². The van der Waals surface area contributed by atoms with Crippen molar-refractivity contribution < 1.29 is 19.6 Å². The molecule has 1 aromatic carbocycles. The molecule has 0 unspecified atom stereocenters. The quantitative estimate of drug-likeness (QED) is 0.668. The lowest BCUT2D eigenvalue weighted by Gasteiger charge is -2.11. The zero-order valence-corrected chi connectivity index (χ0v) is 11.6. The van der Waals surface area contributed by atoms with Crippen LogP contribution in [0.5, 0.6) is 11.7 Å². The van der Waals surface area contributed by atoms with Gasteiger partial charge in [-0.1, -0.05) is 22.5 Å². The molecule has 3 rings (SSSR count). The summed E-state index contributed by atoms with van der Waals surface area (Å²) >= 11 is 0. The van der Waals surface area contributed by atoms with Gasteiger partial charge in [0.25, 0.3) is 0 Å². The minimum Gasteiger partial charge on any atom is -0.489 e. The highest BCUT2D eigenvalue weighted by molar-refractivity contribution is 5.97. The van der Waals surface area contributed by atoms with E-state index < -0.39 is 0 Å². The van der Waals surface area contributed by atoms with Crippen LogP contribution in [0.25, 0.3) is 11.3 Å². The van der Waals surface area contributed by atoms with Crippen molar-refractivity contribution in [2.75, 3.05) is 6.61 Å². The Morgan fingerprint density at radius 3 is 2.77 bits per heavy atom. The maximum atomic E-state index is 9.15. The van der Waals surface area contributed by atoms with Crippen molar-refractivity contribution in [3.8, 4) is 23.0 Å². The summed E-state index contributed by atoms with van der Waals surface area (Å²) in [5, 5.41) is 24.8. The van der Waals surface area contributed by atoms with Crippen LogP contribution in [0.15, 0.2) is 63.8 Å². The van der Waals surface area contributed by atoms with E-state index in [0.717, 1.165) is 16.9 Å². The third-order valence-corrected chi connectivity index (χ3v) is 3.23. The zero-order chi connectivity index (χ0) is 15.4. The van der Waals surface area contributed by atoms with E-state index in [1.54, 1.807) is 6.08 Å². The average Bonchev–Trinajstić information content (AvgIpc) is 3.00. The number of hydrogen-bond donors (Lipinski definition) is 2. The van der Waals surface area contributed by atoms with Gasteiger partial charge in [-0.15, -0.1) is 0 Å². The first-order valence-electron chi connectivity index (χ1n) is 6.70. The lowest BCUT2D eigenvalue weighted by Crippen LogP contribution is -2.08. The fourth-order valence-electron chi connectivity index (χ4n) is 2.11. The highest BCUT2D eigenvalue weighted by Crippen LogP contribution is 2.24. The number of nitrogens with zero attached hydrogens (tertiary/aromatic N) is 2. The number of hydrogen-bond acceptors (Lipinski definition) is 6. The molecule has 112 valence electrons. The van der Waals surface area contributed by atoms with Gasteiger partial charge in [0.1, 0.15) is 18.1 Å². The molecule has 0 atom stereocenters. The van der Waals surface area contributed by atoms with Gasteiger partial charge in [0.05, 0.1) is 11.8 Å². The largest absolute Gasteiger partial charge is 0.489 e. The third kappa shape index (κ3) is 3.17. The number of ether oxygens (including phenoxy) is 1. The van der Waals surface area contributed by atoms with Gasteiger partial charge in [-0.3, -0.25) is 0 Å². The monoisotopic (exact) mass is 298 g/mol. The molecule has 2 aromatic rings. The molecule has 22 heavy (non-hydrogen) atoms. The number of rotatable bonds is 4. The first-order chi connectivity index (χ1) is 10.7. The fraction of sp³-hybridized carbons (Fsp3) is 0.125. The van der Waals surface area contributed by atoms with Gasteiger partial charge in [-0.25, -0.2) is 0 Å². The van der Waals surface area contributed by atoms with Crippen molar-refractivity contribution in [1.82, 2.24) is 5.16 Å². The van der Waals surface area contributed by atoms with Crippen LogP contribution in [0.1, 0.15) is 6.42 Å². The van der Waals surface area contributed by atoms with Crippen LogP contribution in [-0.2, 0) is 0 Å². The van der Waals surface area contributed by atoms with Crippen LogP contribution in [0.2, 0.25) is 0 Å². The molecule has 6 nitrogen and oxygen atoms in total. The molecule has 1 aliphatic carbocycles. The first-order valence-corrected chi connectivity index (χ1v) is 6.70.